The average molecular weight is 159 g/mol. The minimum atomic E-state index is 0.0790. The first-order chi connectivity index (χ1) is 5.34. The summed E-state index contributed by atoms with van der Waals surface area (Å²) in [6.07, 6.45) is 1.10. The van der Waals surface area contributed by atoms with E-state index >= 15 is 0 Å². The minimum Gasteiger partial charge on any atom is -0.377 e. The highest BCUT2D eigenvalue weighted by Gasteiger charge is 2.17. The lowest BCUT2D eigenvalue weighted by Gasteiger charge is -2.32. The third-order valence-electron chi connectivity index (χ3n) is 1.93. The lowest BCUT2D eigenvalue weighted by atomic mass is 10.3. The van der Waals surface area contributed by atoms with Gasteiger partial charge in [0, 0.05) is 13.1 Å². The number of hydrogen-bond donors (Lipinski definition) is 2. The summed E-state index contributed by atoms with van der Waals surface area (Å²) in [4.78, 5) is 2.22. The molecule has 4 heteroatoms. The highest BCUT2D eigenvalue weighted by Crippen LogP contribution is 2.01. The molecule has 1 unspecified atom stereocenters. The van der Waals surface area contributed by atoms with Crippen molar-refractivity contribution < 1.29 is 4.74 Å². The molecule has 1 aliphatic rings. The van der Waals surface area contributed by atoms with Crippen molar-refractivity contribution >= 4 is 0 Å². The van der Waals surface area contributed by atoms with Gasteiger partial charge in [0.25, 0.3) is 0 Å². The van der Waals surface area contributed by atoms with Crippen molar-refractivity contribution in [1.82, 2.24) is 4.90 Å². The Hall–Kier alpha value is -0.160. The highest BCUT2D eigenvalue weighted by molar-refractivity contribution is 4.69. The average Bonchev–Trinajstić information content (AvgIpc) is 2.03. The summed E-state index contributed by atoms with van der Waals surface area (Å²) in [5.74, 6) is 0. The largest absolute Gasteiger partial charge is 0.377 e. The van der Waals surface area contributed by atoms with E-state index in [0.29, 0.717) is 6.61 Å². The first-order valence-corrected chi connectivity index (χ1v) is 4.12. The maximum absolute atomic E-state index is 5.78. The van der Waals surface area contributed by atoms with Crippen LogP contribution in [0.15, 0.2) is 0 Å². The van der Waals surface area contributed by atoms with Gasteiger partial charge in [-0.1, -0.05) is 0 Å². The molecule has 1 heterocycles. The Labute approximate surface area is 67.5 Å². The van der Waals surface area contributed by atoms with E-state index in [-0.39, 0.29) is 6.17 Å². The molecular formula is C7H17N3O. The van der Waals surface area contributed by atoms with E-state index < -0.39 is 0 Å². The zero-order chi connectivity index (χ0) is 8.10. The normalized spacial score (nSPS) is 27.3. The van der Waals surface area contributed by atoms with Crippen LogP contribution in [0.25, 0.3) is 0 Å². The Morgan fingerprint density at radius 3 is 3.00 bits per heavy atom. The molecule has 0 saturated carbocycles. The molecule has 0 amide bonds. The van der Waals surface area contributed by atoms with Crippen molar-refractivity contribution in [3.63, 3.8) is 0 Å². The molecule has 1 saturated heterocycles. The Morgan fingerprint density at radius 1 is 1.55 bits per heavy atom. The number of ether oxygens (including phenoxy) is 1. The predicted octanol–water partition coefficient (Wildman–Crippen LogP) is -1.05. The van der Waals surface area contributed by atoms with E-state index in [1.54, 1.807) is 0 Å². The number of morpholine rings is 1. The fraction of sp³-hybridized carbons (Fsp3) is 1.00. The van der Waals surface area contributed by atoms with Gasteiger partial charge in [-0.3, -0.25) is 4.90 Å². The maximum atomic E-state index is 5.78. The SMILES string of the molecule is NCCCN1CCOCC1N. The van der Waals surface area contributed by atoms with Gasteiger partial charge in [-0.15, -0.1) is 0 Å². The molecule has 0 aromatic rings. The Bertz CT molecular complexity index is 110. The van der Waals surface area contributed by atoms with Crippen molar-refractivity contribution in [2.45, 2.75) is 12.6 Å². The molecule has 4 N–H and O–H groups in total. The summed E-state index contributed by atoms with van der Waals surface area (Å²) in [5, 5.41) is 0. The van der Waals surface area contributed by atoms with Gasteiger partial charge in [0.2, 0.25) is 0 Å². The van der Waals surface area contributed by atoms with Gasteiger partial charge in [0.1, 0.15) is 0 Å². The smallest absolute Gasteiger partial charge is 0.0814 e. The van der Waals surface area contributed by atoms with Crippen molar-refractivity contribution in [1.29, 1.82) is 0 Å². The molecule has 1 aliphatic heterocycles. The van der Waals surface area contributed by atoms with Gasteiger partial charge in [0.05, 0.1) is 19.4 Å². The van der Waals surface area contributed by atoms with Crippen molar-refractivity contribution in [3.8, 4) is 0 Å². The minimum absolute atomic E-state index is 0.0790. The molecular weight excluding hydrogens is 142 g/mol. The lowest BCUT2D eigenvalue weighted by Crippen LogP contribution is -2.51. The fourth-order valence-corrected chi connectivity index (χ4v) is 1.23. The van der Waals surface area contributed by atoms with E-state index in [2.05, 4.69) is 4.90 Å². The topological polar surface area (TPSA) is 64.5 Å². The van der Waals surface area contributed by atoms with Crippen LogP contribution in [0.4, 0.5) is 0 Å². The summed E-state index contributed by atoms with van der Waals surface area (Å²) in [7, 11) is 0. The molecule has 0 radical (unpaired) electrons. The van der Waals surface area contributed by atoms with Crippen LogP contribution in [0.3, 0.4) is 0 Å². The molecule has 0 aromatic carbocycles. The second-order valence-corrected chi connectivity index (χ2v) is 2.82. The van der Waals surface area contributed by atoms with Gasteiger partial charge in [-0.25, -0.2) is 0 Å². The molecule has 66 valence electrons. The molecule has 1 fully saturated rings. The lowest BCUT2D eigenvalue weighted by molar-refractivity contribution is -0.00498. The van der Waals surface area contributed by atoms with Crippen LogP contribution in [-0.2, 0) is 4.74 Å². The van der Waals surface area contributed by atoms with Crippen LogP contribution >= 0.6 is 0 Å². The summed E-state index contributed by atoms with van der Waals surface area (Å²) in [6.45, 7) is 4.15. The van der Waals surface area contributed by atoms with Crippen LogP contribution in [0, 0.1) is 0 Å². The number of hydrogen-bond acceptors (Lipinski definition) is 4. The van der Waals surface area contributed by atoms with Crippen LogP contribution in [0.5, 0.6) is 0 Å². The standard InChI is InChI=1S/C7H17N3O/c8-2-1-3-10-4-5-11-6-7(10)9/h7H,1-6,8-9H2. The summed E-state index contributed by atoms with van der Waals surface area (Å²) >= 11 is 0. The molecule has 0 bridgehead atoms. The van der Waals surface area contributed by atoms with Crippen LogP contribution in [-0.4, -0.2) is 43.9 Å². The maximum Gasteiger partial charge on any atom is 0.0814 e. The third-order valence-corrected chi connectivity index (χ3v) is 1.93. The molecule has 4 nitrogen and oxygen atoms in total. The quantitative estimate of drug-likeness (QED) is 0.551. The van der Waals surface area contributed by atoms with E-state index in [9.17, 15) is 0 Å². The zero-order valence-electron chi connectivity index (χ0n) is 6.83. The molecule has 0 aliphatic carbocycles. The van der Waals surface area contributed by atoms with Gasteiger partial charge >= 0.3 is 0 Å². The van der Waals surface area contributed by atoms with Crippen LogP contribution < -0.4 is 11.5 Å². The number of rotatable bonds is 3. The molecule has 1 atom stereocenters. The summed E-state index contributed by atoms with van der Waals surface area (Å²) in [5.41, 5.74) is 11.2. The highest BCUT2D eigenvalue weighted by atomic mass is 16.5. The second kappa shape index (κ2) is 4.66. The third kappa shape index (κ3) is 2.75. The Kier molecular flexibility index (Phi) is 3.79. The first-order valence-electron chi connectivity index (χ1n) is 4.12. The molecule has 11 heavy (non-hydrogen) atoms. The Balaban J connectivity index is 2.18. The number of nitrogens with two attached hydrogens (primary N) is 2. The van der Waals surface area contributed by atoms with E-state index in [4.69, 9.17) is 16.2 Å². The molecule has 0 aromatic heterocycles. The van der Waals surface area contributed by atoms with Gasteiger partial charge in [-0.2, -0.15) is 0 Å². The van der Waals surface area contributed by atoms with E-state index in [1.165, 1.54) is 0 Å². The van der Waals surface area contributed by atoms with Crippen molar-refractivity contribution in [2.75, 3.05) is 32.8 Å². The van der Waals surface area contributed by atoms with Gasteiger partial charge in [0.15, 0.2) is 0 Å². The van der Waals surface area contributed by atoms with E-state index in [1.807, 2.05) is 0 Å². The molecule has 0 spiro atoms. The summed E-state index contributed by atoms with van der Waals surface area (Å²) < 4.78 is 5.19. The summed E-state index contributed by atoms with van der Waals surface area (Å²) in [6, 6.07) is 0. The van der Waals surface area contributed by atoms with Gasteiger partial charge < -0.3 is 16.2 Å². The Morgan fingerprint density at radius 2 is 2.36 bits per heavy atom. The monoisotopic (exact) mass is 159 g/mol. The van der Waals surface area contributed by atoms with Crippen LogP contribution in [0.1, 0.15) is 6.42 Å². The zero-order valence-corrected chi connectivity index (χ0v) is 6.83. The van der Waals surface area contributed by atoms with Crippen LogP contribution in [0.2, 0.25) is 0 Å². The predicted molar refractivity (Wildman–Crippen MR) is 44.0 cm³/mol. The fourth-order valence-electron chi connectivity index (χ4n) is 1.23. The molecule has 1 rings (SSSR count). The van der Waals surface area contributed by atoms with Gasteiger partial charge in [-0.05, 0) is 13.0 Å². The van der Waals surface area contributed by atoms with E-state index in [0.717, 1.165) is 32.7 Å². The first kappa shape index (κ1) is 8.93. The number of nitrogens with zero attached hydrogens (tertiary/aromatic N) is 1. The van der Waals surface area contributed by atoms with Crippen molar-refractivity contribution in [2.24, 2.45) is 11.5 Å². The second-order valence-electron chi connectivity index (χ2n) is 2.82. The van der Waals surface area contributed by atoms with Crippen molar-refractivity contribution in [3.05, 3.63) is 0 Å².